The highest BCUT2D eigenvalue weighted by Gasteiger charge is 2.13. The molecule has 0 spiro atoms. The van der Waals surface area contributed by atoms with Crippen molar-refractivity contribution in [3.05, 3.63) is 23.4 Å². The number of hydrogen-bond donors (Lipinski definition) is 2. The molecule has 0 aliphatic carbocycles. The van der Waals surface area contributed by atoms with Crippen molar-refractivity contribution < 1.29 is 8.78 Å². The summed E-state index contributed by atoms with van der Waals surface area (Å²) < 4.78 is 24.5. The van der Waals surface area contributed by atoms with E-state index in [-0.39, 0.29) is 23.5 Å². The lowest BCUT2D eigenvalue weighted by molar-refractivity contribution is 0.150. The fourth-order valence-corrected chi connectivity index (χ4v) is 0.951. The van der Waals surface area contributed by atoms with E-state index in [1.54, 1.807) is 0 Å². The second-order valence-corrected chi connectivity index (χ2v) is 2.27. The summed E-state index contributed by atoms with van der Waals surface area (Å²) in [5, 5.41) is 0. The Morgan fingerprint density at radius 2 is 2.17 bits per heavy atom. The van der Waals surface area contributed by atoms with Crippen LogP contribution in [0.2, 0.25) is 0 Å². The summed E-state index contributed by atoms with van der Waals surface area (Å²) >= 11 is 0. The van der Waals surface area contributed by atoms with E-state index in [0.29, 0.717) is 0 Å². The van der Waals surface area contributed by atoms with E-state index in [1.165, 1.54) is 12.3 Å². The topological polar surface area (TPSA) is 64.9 Å². The average molecular weight is 173 g/mol. The third-order valence-corrected chi connectivity index (χ3v) is 1.56. The van der Waals surface area contributed by atoms with Crippen LogP contribution in [0.25, 0.3) is 0 Å². The van der Waals surface area contributed by atoms with E-state index in [9.17, 15) is 8.78 Å². The van der Waals surface area contributed by atoms with Crippen molar-refractivity contribution in [1.82, 2.24) is 4.98 Å². The Labute approximate surface area is 68.4 Å². The van der Waals surface area contributed by atoms with Gasteiger partial charge in [0.05, 0.1) is 0 Å². The molecule has 5 heteroatoms. The molecule has 1 aromatic rings. The second-order valence-electron chi connectivity index (χ2n) is 2.27. The van der Waals surface area contributed by atoms with Crippen molar-refractivity contribution in [2.75, 3.05) is 5.73 Å². The van der Waals surface area contributed by atoms with Crippen LogP contribution in [0.1, 0.15) is 17.6 Å². The number of pyridine rings is 1. The van der Waals surface area contributed by atoms with Crippen molar-refractivity contribution in [2.24, 2.45) is 5.73 Å². The van der Waals surface area contributed by atoms with E-state index >= 15 is 0 Å². The largest absolute Gasteiger partial charge is 0.383 e. The maximum Gasteiger partial charge on any atom is 0.264 e. The number of halogens is 2. The molecule has 0 aliphatic heterocycles. The van der Waals surface area contributed by atoms with E-state index in [1.807, 2.05) is 0 Å². The molecule has 0 amide bonds. The molecule has 4 N–H and O–H groups in total. The Bertz CT molecular complexity index is 275. The lowest BCUT2D eigenvalue weighted by Crippen LogP contribution is -2.07. The maximum absolute atomic E-state index is 12.3. The molecule has 1 aromatic heterocycles. The number of nitrogen functional groups attached to an aromatic ring is 1. The number of nitrogens with zero attached hydrogens (tertiary/aromatic N) is 1. The first-order valence-electron chi connectivity index (χ1n) is 3.38. The highest BCUT2D eigenvalue weighted by Crippen LogP contribution is 2.24. The van der Waals surface area contributed by atoms with Gasteiger partial charge in [0, 0.05) is 23.9 Å². The Hall–Kier alpha value is -1.23. The van der Waals surface area contributed by atoms with Crippen LogP contribution < -0.4 is 11.5 Å². The Balaban J connectivity index is 3.18. The van der Waals surface area contributed by atoms with Crippen molar-refractivity contribution in [3.8, 4) is 0 Å². The molecule has 0 aromatic carbocycles. The molecule has 0 aliphatic rings. The van der Waals surface area contributed by atoms with Crippen LogP contribution in [0.5, 0.6) is 0 Å². The van der Waals surface area contributed by atoms with Crippen LogP contribution in [0, 0.1) is 0 Å². The summed E-state index contributed by atoms with van der Waals surface area (Å²) in [4.78, 5) is 3.66. The SMILES string of the molecule is NCc1c(C(F)F)ccnc1N. The van der Waals surface area contributed by atoms with Crippen molar-refractivity contribution >= 4 is 5.82 Å². The molecule has 1 rings (SSSR count). The van der Waals surface area contributed by atoms with Crippen molar-refractivity contribution in [3.63, 3.8) is 0 Å². The lowest BCUT2D eigenvalue weighted by atomic mass is 10.1. The minimum absolute atomic E-state index is 0.0145. The molecular weight excluding hydrogens is 164 g/mol. The summed E-state index contributed by atoms with van der Waals surface area (Å²) in [5.41, 5.74) is 10.7. The minimum Gasteiger partial charge on any atom is -0.383 e. The quantitative estimate of drug-likeness (QED) is 0.702. The number of hydrogen-bond acceptors (Lipinski definition) is 3. The Morgan fingerprint density at radius 3 is 2.58 bits per heavy atom. The molecule has 66 valence electrons. The summed E-state index contributed by atoms with van der Waals surface area (Å²) in [6, 6.07) is 1.23. The van der Waals surface area contributed by atoms with Gasteiger partial charge < -0.3 is 11.5 Å². The fraction of sp³-hybridized carbons (Fsp3) is 0.286. The number of rotatable bonds is 2. The third kappa shape index (κ3) is 1.50. The minimum atomic E-state index is -2.55. The van der Waals surface area contributed by atoms with E-state index in [2.05, 4.69) is 4.98 Å². The van der Waals surface area contributed by atoms with Gasteiger partial charge in [-0.15, -0.1) is 0 Å². The summed E-state index contributed by atoms with van der Waals surface area (Å²) in [5.74, 6) is 0.0790. The van der Waals surface area contributed by atoms with Crippen LogP contribution >= 0.6 is 0 Å². The summed E-state index contributed by atoms with van der Waals surface area (Å²) in [6.07, 6.45) is -1.30. The van der Waals surface area contributed by atoms with Gasteiger partial charge in [0.1, 0.15) is 5.82 Å². The maximum atomic E-state index is 12.3. The van der Waals surface area contributed by atoms with Crippen molar-refractivity contribution in [2.45, 2.75) is 13.0 Å². The monoisotopic (exact) mass is 173 g/mol. The predicted molar refractivity (Wildman–Crippen MR) is 41.5 cm³/mol. The zero-order valence-electron chi connectivity index (χ0n) is 6.30. The van der Waals surface area contributed by atoms with Gasteiger partial charge in [-0.05, 0) is 6.07 Å². The molecule has 0 fully saturated rings. The van der Waals surface area contributed by atoms with Crippen LogP contribution in [0.3, 0.4) is 0 Å². The lowest BCUT2D eigenvalue weighted by Gasteiger charge is -2.07. The number of nitrogens with two attached hydrogens (primary N) is 2. The highest BCUT2D eigenvalue weighted by atomic mass is 19.3. The van der Waals surface area contributed by atoms with Gasteiger partial charge in [0.15, 0.2) is 0 Å². The van der Waals surface area contributed by atoms with Crippen molar-refractivity contribution in [1.29, 1.82) is 0 Å². The van der Waals surface area contributed by atoms with Gasteiger partial charge in [-0.1, -0.05) is 0 Å². The molecular formula is C7H9F2N3. The van der Waals surface area contributed by atoms with Crippen LogP contribution in [0.15, 0.2) is 12.3 Å². The highest BCUT2D eigenvalue weighted by molar-refractivity contribution is 5.44. The second kappa shape index (κ2) is 3.44. The van der Waals surface area contributed by atoms with Gasteiger partial charge in [-0.25, -0.2) is 13.8 Å². The van der Waals surface area contributed by atoms with E-state index in [4.69, 9.17) is 11.5 Å². The first-order valence-corrected chi connectivity index (χ1v) is 3.38. The van der Waals surface area contributed by atoms with E-state index in [0.717, 1.165) is 0 Å². The Morgan fingerprint density at radius 1 is 1.50 bits per heavy atom. The molecule has 0 saturated heterocycles. The zero-order chi connectivity index (χ0) is 9.14. The first-order chi connectivity index (χ1) is 5.66. The van der Waals surface area contributed by atoms with Crippen LogP contribution in [-0.2, 0) is 6.54 Å². The molecule has 0 atom stereocenters. The van der Waals surface area contributed by atoms with Gasteiger partial charge in [-0.3, -0.25) is 0 Å². The number of anilines is 1. The standard InChI is InChI=1S/C7H9F2N3/c8-6(9)4-1-2-12-7(11)5(4)3-10/h1-2,6H,3,10H2,(H2,11,12). The summed E-state index contributed by atoms with van der Waals surface area (Å²) in [6.45, 7) is -0.0145. The zero-order valence-corrected chi connectivity index (χ0v) is 6.30. The fourth-order valence-electron chi connectivity index (χ4n) is 0.951. The van der Waals surface area contributed by atoms with Gasteiger partial charge in [0.2, 0.25) is 0 Å². The van der Waals surface area contributed by atoms with Gasteiger partial charge >= 0.3 is 0 Å². The smallest absolute Gasteiger partial charge is 0.264 e. The van der Waals surface area contributed by atoms with E-state index < -0.39 is 6.43 Å². The Kier molecular flexibility index (Phi) is 2.54. The van der Waals surface area contributed by atoms with Crippen LogP contribution in [-0.4, -0.2) is 4.98 Å². The molecule has 12 heavy (non-hydrogen) atoms. The number of alkyl halides is 2. The molecule has 3 nitrogen and oxygen atoms in total. The molecule has 1 heterocycles. The molecule has 0 bridgehead atoms. The molecule has 0 saturated carbocycles. The van der Waals surface area contributed by atoms with Gasteiger partial charge in [0.25, 0.3) is 6.43 Å². The predicted octanol–water partition coefficient (Wildman–Crippen LogP) is 1.06. The van der Waals surface area contributed by atoms with Gasteiger partial charge in [-0.2, -0.15) is 0 Å². The first kappa shape index (κ1) is 8.86. The molecule has 0 radical (unpaired) electrons. The number of aromatic nitrogens is 1. The summed E-state index contributed by atoms with van der Waals surface area (Å²) in [7, 11) is 0. The molecule has 0 unspecified atom stereocenters. The third-order valence-electron chi connectivity index (χ3n) is 1.56. The normalized spacial score (nSPS) is 10.7. The van der Waals surface area contributed by atoms with Crippen LogP contribution in [0.4, 0.5) is 14.6 Å². The average Bonchev–Trinajstić information content (AvgIpc) is 2.03.